The molecule has 0 spiro atoms. The molecule has 29 heavy (non-hydrogen) atoms. The highest BCUT2D eigenvalue weighted by atomic mass is 79.9. The number of carbonyl (C=O) groups excluding carboxylic acids is 2. The molecule has 2 aromatic rings. The maximum atomic E-state index is 12.9. The van der Waals surface area contributed by atoms with Crippen LogP contribution in [0.4, 0.5) is 0 Å². The molecule has 0 radical (unpaired) electrons. The second kappa shape index (κ2) is 11.8. The van der Waals surface area contributed by atoms with E-state index in [1.165, 1.54) is 4.90 Å². The molecule has 0 saturated heterocycles. The van der Waals surface area contributed by atoms with Gasteiger partial charge in [-0.25, -0.2) is 0 Å². The third-order valence-electron chi connectivity index (χ3n) is 4.40. The molecule has 0 aliphatic heterocycles. The number of halogens is 2. The summed E-state index contributed by atoms with van der Waals surface area (Å²) in [5, 5.41) is 3.43. The minimum atomic E-state index is -0.624. The zero-order valence-corrected chi connectivity index (χ0v) is 19.0. The van der Waals surface area contributed by atoms with Gasteiger partial charge in [0.2, 0.25) is 5.91 Å². The van der Waals surface area contributed by atoms with E-state index in [4.69, 9.17) is 16.3 Å². The summed E-state index contributed by atoms with van der Waals surface area (Å²) in [5.41, 5.74) is 0.920. The van der Waals surface area contributed by atoms with Crippen molar-refractivity contribution >= 4 is 39.3 Å². The first kappa shape index (κ1) is 23.2. The molecule has 1 N–H and O–H groups in total. The van der Waals surface area contributed by atoms with Crippen LogP contribution >= 0.6 is 27.5 Å². The molecule has 0 unspecified atom stereocenters. The first-order chi connectivity index (χ1) is 13.9. The zero-order valence-electron chi connectivity index (χ0n) is 16.7. The summed E-state index contributed by atoms with van der Waals surface area (Å²) in [6.45, 7) is 4.51. The Hall–Kier alpha value is -2.05. The van der Waals surface area contributed by atoms with Crippen LogP contribution in [0.1, 0.15) is 32.3 Å². The van der Waals surface area contributed by atoms with E-state index >= 15 is 0 Å². The van der Waals surface area contributed by atoms with Gasteiger partial charge >= 0.3 is 0 Å². The number of carbonyl (C=O) groups is 2. The van der Waals surface area contributed by atoms with Crippen LogP contribution in [0.25, 0.3) is 0 Å². The molecular formula is C22H26BrClN2O3. The Morgan fingerprint density at radius 2 is 1.97 bits per heavy atom. The van der Waals surface area contributed by atoms with Crippen LogP contribution in [0.15, 0.2) is 53.0 Å². The van der Waals surface area contributed by atoms with E-state index < -0.39 is 6.04 Å². The maximum absolute atomic E-state index is 12.9. The summed E-state index contributed by atoms with van der Waals surface area (Å²) in [4.78, 5) is 27.0. The fourth-order valence-electron chi connectivity index (χ4n) is 2.74. The number of amides is 2. The van der Waals surface area contributed by atoms with Crippen LogP contribution < -0.4 is 10.1 Å². The van der Waals surface area contributed by atoms with Gasteiger partial charge in [-0.1, -0.05) is 59.1 Å². The highest BCUT2D eigenvalue weighted by molar-refractivity contribution is 9.10. The lowest BCUT2D eigenvalue weighted by Gasteiger charge is -2.29. The number of benzene rings is 2. The summed E-state index contributed by atoms with van der Waals surface area (Å²) in [6, 6.07) is 13.9. The van der Waals surface area contributed by atoms with Crippen molar-refractivity contribution in [2.45, 2.75) is 39.3 Å². The minimum absolute atomic E-state index is 0.176. The van der Waals surface area contributed by atoms with Crippen molar-refractivity contribution in [3.05, 3.63) is 63.6 Å². The first-order valence-electron chi connectivity index (χ1n) is 9.60. The van der Waals surface area contributed by atoms with Crippen molar-refractivity contribution in [1.82, 2.24) is 10.2 Å². The van der Waals surface area contributed by atoms with E-state index in [2.05, 4.69) is 28.2 Å². The number of ether oxygens (including phenoxy) is 1. The lowest BCUT2D eigenvalue weighted by Crippen LogP contribution is -2.49. The van der Waals surface area contributed by atoms with E-state index in [1.807, 2.05) is 24.3 Å². The molecule has 0 saturated carbocycles. The normalized spacial score (nSPS) is 11.6. The van der Waals surface area contributed by atoms with E-state index in [-0.39, 0.29) is 18.4 Å². The van der Waals surface area contributed by atoms with Crippen molar-refractivity contribution in [3.8, 4) is 5.75 Å². The van der Waals surface area contributed by atoms with Gasteiger partial charge in [0, 0.05) is 22.6 Å². The lowest BCUT2D eigenvalue weighted by molar-refractivity contribution is -0.142. The van der Waals surface area contributed by atoms with Crippen molar-refractivity contribution in [2.24, 2.45) is 0 Å². The second-order valence-electron chi connectivity index (χ2n) is 6.72. The Balaban J connectivity index is 2.11. The van der Waals surface area contributed by atoms with Gasteiger partial charge < -0.3 is 15.0 Å². The monoisotopic (exact) mass is 480 g/mol. The van der Waals surface area contributed by atoms with Gasteiger partial charge in [0.05, 0.1) is 0 Å². The number of nitrogens with zero attached hydrogens (tertiary/aromatic N) is 1. The van der Waals surface area contributed by atoms with E-state index in [1.54, 1.807) is 31.2 Å². The Morgan fingerprint density at radius 1 is 1.21 bits per heavy atom. The fourth-order valence-corrected chi connectivity index (χ4v) is 3.36. The van der Waals surface area contributed by atoms with Crippen molar-refractivity contribution in [1.29, 1.82) is 0 Å². The second-order valence-corrected chi connectivity index (χ2v) is 8.07. The third-order valence-corrected chi connectivity index (χ3v) is 5.13. The van der Waals surface area contributed by atoms with Crippen molar-refractivity contribution in [2.75, 3.05) is 13.2 Å². The largest absolute Gasteiger partial charge is 0.484 e. The summed E-state index contributed by atoms with van der Waals surface area (Å²) in [6.07, 6.45) is 1.89. The molecule has 156 valence electrons. The van der Waals surface area contributed by atoms with Gasteiger partial charge in [0.15, 0.2) is 6.61 Å². The van der Waals surface area contributed by atoms with Crippen LogP contribution in [0.3, 0.4) is 0 Å². The molecular weight excluding hydrogens is 456 g/mol. The summed E-state index contributed by atoms with van der Waals surface area (Å²) < 4.78 is 6.52. The van der Waals surface area contributed by atoms with Crippen LogP contribution in [0, 0.1) is 0 Å². The minimum Gasteiger partial charge on any atom is -0.484 e. The first-order valence-corrected chi connectivity index (χ1v) is 10.8. The molecule has 2 aromatic carbocycles. The lowest BCUT2D eigenvalue weighted by atomic mass is 10.1. The van der Waals surface area contributed by atoms with E-state index in [0.29, 0.717) is 23.9 Å². The number of rotatable bonds is 10. The number of hydrogen-bond acceptors (Lipinski definition) is 3. The van der Waals surface area contributed by atoms with Gasteiger partial charge in [-0.15, -0.1) is 0 Å². The molecule has 0 aliphatic carbocycles. The van der Waals surface area contributed by atoms with Crippen molar-refractivity contribution in [3.63, 3.8) is 0 Å². The van der Waals surface area contributed by atoms with Gasteiger partial charge in [0.1, 0.15) is 11.8 Å². The Labute approximate surface area is 185 Å². The average Bonchev–Trinajstić information content (AvgIpc) is 2.70. The highest BCUT2D eigenvalue weighted by Gasteiger charge is 2.26. The van der Waals surface area contributed by atoms with Gasteiger partial charge in [-0.2, -0.15) is 0 Å². The smallest absolute Gasteiger partial charge is 0.261 e. The highest BCUT2D eigenvalue weighted by Crippen LogP contribution is 2.18. The van der Waals surface area contributed by atoms with Crippen LogP contribution in [-0.2, 0) is 16.1 Å². The molecule has 0 bridgehead atoms. The van der Waals surface area contributed by atoms with E-state index in [0.717, 1.165) is 22.9 Å². The molecule has 0 aliphatic rings. The number of unbranched alkanes of at least 4 members (excludes halogenated alkanes) is 1. The molecule has 7 heteroatoms. The summed E-state index contributed by atoms with van der Waals surface area (Å²) in [7, 11) is 0. The molecule has 0 aromatic heterocycles. The zero-order chi connectivity index (χ0) is 21.2. The predicted molar refractivity (Wildman–Crippen MR) is 119 cm³/mol. The summed E-state index contributed by atoms with van der Waals surface area (Å²) in [5.74, 6) is 0.0564. The molecule has 1 atom stereocenters. The average molecular weight is 482 g/mol. The standard InChI is InChI=1S/C22H26BrClN2O3/c1-3-4-11-25-22(28)16(2)26(14-17-7-5-8-18(23)12-17)21(27)15-29-20-10-6-9-19(24)13-20/h5-10,12-13,16H,3-4,11,14-15H2,1-2H3,(H,25,28)/t16-/m1/s1. The van der Waals surface area contributed by atoms with Crippen LogP contribution in [-0.4, -0.2) is 35.9 Å². The third kappa shape index (κ3) is 7.71. The Morgan fingerprint density at radius 3 is 2.66 bits per heavy atom. The molecule has 2 rings (SSSR count). The molecule has 0 fully saturated rings. The fraction of sp³-hybridized carbons (Fsp3) is 0.364. The quantitative estimate of drug-likeness (QED) is 0.495. The van der Waals surface area contributed by atoms with Gasteiger partial charge in [-0.05, 0) is 49.2 Å². The van der Waals surface area contributed by atoms with E-state index in [9.17, 15) is 9.59 Å². The summed E-state index contributed by atoms with van der Waals surface area (Å²) >= 11 is 9.41. The Kier molecular flexibility index (Phi) is 9.48. The SMILES string of the molecule is CCCCNC(=O)[C@@H](C)N(Cc1cccc(Br)c1)C(=O)COc1cccc(Cl)c1. The predicted octanol–water partition coefficient (Wildman–Crippen LogP) is 4.81. The number of nitrogens with one attached hydrogen (secondary N) is 1. The maximum Gasteiger partial charge on any atom is 0.261 e. The van der Waals surface area contributed by atoms with Crippen LogP contribution in [0.5, 0.6) is 5.75 Å². The van der Waals surface area contributed by atoms with Crippen molar-refractivity contribution < 1.29 is 14.3 Å². The van der Waals surface area contributed by atoms with Gasteiger partial charge in [-0.3, -0.25) is 9.59 Å². The molecule has 2 amide bonds. The Bertz CT molecular complexity index is 831. The van der Waals surface area contributed by atoms with Gasteiger partial charge in [0.25, 0.3) is 5.91 Å². The topological polar surface area (TPSA) is 58.6 Å². The number of hydrogen-bond donors (Lipinski definition) is 1. The molecule has 5 nitrogen and oxygen atoms in total. The molecule has 0 heterocycles. The van der Waals surface area contributed by atoms with Crippen LogP contribution in [0.2, 0.25) is 5.02 Å².